The van der Waals surface area contributed by atoms with E-state index in [9.17, 15) is 0 Å². The first-order valence-electron chi connectivity index (χ1n) is 5.24. The van der Waals surface area contributed by atoms with Crippen LogP contribution in [0.25, 0.3) is 0 Å². The fourth-order valence-electron chi connectivity index (χ4n) is 2.54. The lowest BCUT2D eigenvalue weighted by molar-refractivity contribution is 0.218. The summed E-state index contributed by atoms with van der Waals surface area (Å²) < 4.78 is 1.93. The van der Waals surface area contributed by atoms with Gasteiger partial charge in [-0.05, 0) is 25.3 Å². The molecule has 3 heteroatoms. The van der Waals surface area contributed by atoms with Crippen LogP contribution in [0.5, 0.6) is 0 Å². The molecule has 1 aliphatic carbocycles. The van der Waals surface area contributed by atoms with Crippen molar-refractivity contribution in [3.05, 3.63) is 17.5 Å². The zero-order chi connectivity index (χ0) is 10.3. The predicted octanol–water partition coefficient (Wildman–Crippen LogP) is 1.65. The number of aryl methyl sites for hydroxylation is 2. The second-order valence-corrected chi connectivity index (χ2v) is 4.92. The molecule has 78 valence electrons. The van der Waals surface area contributed by atoms with Gasteiger partial charge in [0, 0.05) is 24.8 Å². The third-order valence-electron chi connectivity index (χ3n) is 3.32. The van der Waals surface area contributed by atoms with Crippen LogP contribution in [0.3, 0.4) is 0 Å². The molecule has 1 aromatic heterocycles. The Hall–Kier alpha value is -0.830. The minimum absolute atomic E-state index is 0.338. The van der Waals surface area contributed by atoms with Crippen molar-refractivity contribution < 1.29 is 0 Å². The van der Waals surface area contributed by atoms with Crippen LogP contribution < -0.4 is 5.32 Å². The van der Waals surface area contributed by atoms with Gasteiger partial charge in [-0.1, -0.05) is 13.8 Å². The maximum Gasteiger partial charge on any atom is 0.0672 e. The van der Waals surface area contributed by atoms with Gasteiger partial charge in [-0.25, -0.2) is 0 Å². The minimum atomic E-state index is 0.338. The number of fused-ring (bicyclic) bond motifs is 1. The lowest BCUT2D eigenvalue weighted by atomic mass is 9.72. The summed E-state index contributed by atoms with van der Waals surface area (Å²) in [5, 5.41) is 7.90. The molecule has 2 rings (SSSR count). The molecule has 0 radical (unpaired) electrons. The van der Waals surface area contributed by atoms with Crippen LogP contribution in [0.4, 0.5) is 0 Å². The number of nitrogens with zero attached hydrogens (tertiary/aromatic N) is 2. The van der Waals surface area contributed by atoms with E-state index in [4.69, 9.17) is 0 Å². The fraction of sp³-hybridized carbons (Fsp3) is 0.727. The van der Waals surface area contributed by atoms with E-state index in [0.717, 1.165) is 6.42 Å². The summed E-state index contributed by atoms with van der Waals surface area (Å²) in [5.74, 6) is 0. The molecule has 0 spiro atoms. The number of hydrogen-bond acceptors (Lipinski definition) is 2. The molecule has 0 amide bonds. The molecule has 14 heavy (non-hydrogen) atoms. The van der Waals surface area contributed by atoms with Gasteiger partial charge < -0.3 is 5.32 Å². The van der Waals surface area contributed by atoms with Crippen molar-refractivity contribution in [1.29, 1.82) is 0 Å². The molecule has 1 atom stereocenters. The van der Waals surface area contributed by atoms with Gasteiger partial charge >= 0.3 is 0 Å². The van der Waals surface area contributed by atoms with E-state index < -0.39 is 0 Å². The molecule has 0 saturated carbocycles. The molecule has 3 nitrogen and oxygen atoms in total. The Morgan fingerprint density at radius 3 is 2.93 bits per heavy atom. The van der Waals surface area contributed by atoms with E-state index in [0.29, 0.717) is 11.5 Å². The van der Waals surface area contributed by atoms with E-state index in [1.807, 2.05) is 18.8 Å². The van der Waals surface area contributed by atoms with Gasteiger partial charge in [0.25, 0.3) is 0 Å². The quantitative estimate of drug-likeness (QED) is 0.735. The Balaban J connectivity index is 2.44. The Morgan fingerprint density at radius 1 is 1.57 bits per heavy atom. The highest BCUT2D eigenvalue weighted by molar-refractivity contribution is 5.27. The van der Waals surface area contributed by atoms with Crippen LogP contribution in [-0.4, -0.2) is 16.8 Å². The largest absolute Gasteiger partial charge is 0.312 e. The summed E-state index contributed by atoms with van der Waals surface area (Å²) >= 11 is 0. The van der Waals surface area contributed by atoms with Crippen molar-refractivity contribution in [2.45, 2.75) is 32.7 Å². The summed E-state index contributed by atoms with van der Waals surface area (Å²) in [5.41, 5.74) is 2.99. The second kappa shape index (κ2) is 3.09. The van der Waals surface area contributed by atoms with Gasteiger partial charge in [0.05, 0.1) is 5.69 Å². The van der Waals surface area contributed by atoms with E-state index in [1.165, 1.54) is 17.7 Å². The molecular formula is C11H19N3. The van der Waals surface area contributed by atoms with Gasteiger partial charge in [0.2, 0.25) is 0 Å². The van der Waals surface area contributed by atoms with Gasteiger partial charge in [-0.3, -0.25) is 4.68 Å². The van der Waals surface area contributed by atoms with Gasteiger partial charge in [-0.2, -0.15) is 5.10 Å². The molecule has 0 aromatic carbocycles. The SMILES string of the molecule is CNC1c2cn(C)nc2CCC1(C)C. The van der Waals surface area contributed by atoms with Crippen LogP contribution in [0.1, 0.15) is 37.6 Å². The van der Waals surface area contributed by atoms with Crippen molar-refractivity contribution in [3.8, 4) is 0 Å². The number of hydrogen-bond donors (Lipinski definition) is 1. The highest BCUT2D eigenvalue weighted by Crippen LogP contribution is 2.42. The molecule has 1 aliphatic rings. The van der Waals surface area contributed by atoms with Gasteiger partial charge in [0.1, 0.15) is 0 Å². The summed E-state index contributed by atoms with van der Waals surface area (Å²) in [4.78, 5) is 0. The average Bonchev–Trinajstić information content (AvgIpc) is 2.44. The summed E-state index contributed by atoms with van der Waals surface area (Å²) in [7, 11) is 4.03. The topological polar surface area (TPSA) is 29.9 Å². The lowest BCUT2D eigenvalue weighted by Gasteiger charge is -2.37. The van der Waals surface area contributed by atoms with E-state index >= 15 is 0 Å². The Bertz CT molecular complexity index is 338. The van der Waals surface area contributed by atoms with Crippen molar-refractivity contribution in [2.75, 3.05) is 7.05 Å². The monoisotopic (exact) mass is 193 g/mol. The summed E-state index contributed by atoms with van der Waals surface area (Å²) in [6.45, 7) is 4.65. The third-order valence-corrected chi connectivity index (χ3v) is 3.32. The van der Waals surface area contributed by atoms with Crippen LogP contribution in [0, 0.1) is 5.41 Å². The Morgan fingerprint density at radius 2 is 2.29 bits per heavy atom. The zero-order valence-corrected chi connectivity index (χ0v) is 9.46. The van der Waals surface area contributed by atoms with Gasteiger partial charge in [-0.15, -0.1) is 0 Å². The normalized spacial score (nSPS) is 24.7. The molecule has 1 N–H and O–H groups in total. The number of aromatic nitrogens is 2. The predicted molar refractivity (Wildman–Crippen MR) is 57.1 cm³/mol. The second-order valence-electron chi connectivity index (χ2n) is 4.92. The van der Waals surface area contributed by atoms with Crippen LogP contribution in [-0.2, 0) is 13.5 Å². The van der Waals surface area contributed by atoms with Crippen molar-refractivity contribution in [3.63, 3.8) is 0 Å². The highest BCUT2D eigenvalue weighted by Gasteiger charge is 2.36. The van der Waals surface area contributed by atoms with E-state index in [-0.39, 0.29) is 0 Å². The van der Waals surface area contributed by atoms with Crippen molar-refractivity contribution in [2.24, 2.45) is 12.5 Å². The maximum absolute atomic E-state index is 4.49. The molecular weight excluding hydrogens is 174 g/mol. The first-order valence-corrected chi connectivity index (χ1v) is 5.24. The summed E-state index contributed by atoms with van der Waals surface area (Å²) in [6, 6.07) is 0.444. The zero-order valence-electron chi connectivity index (χ0n) is 9.46. The van der Waals surface area contributed by atoms with Crippen LogP contribution >= 0.6 is 0 Å². The molecule has 0 bridgehead atoms. The van der Waals surface area contributed by atoms with Gasteiger partial charge in [0.15, 0.2) is 0 Å². The lowest BCUT2D eigenvalue weighted by Crippen LogP contribution is -2.35. The molecule has 0 saturated heterocycles. The average molecular weight is 193 g/mol. The van der Waals surface area contributed by atoms with Crippen LogP contribution in [0.15, 0.2) is 6.20 Å². The van der Waals surface area contributed by atoms with Crippen molar-refractivity contribution in [1.82, 2.24) is 15.1 Å². The molecule has 1 aromatic rings. The molecule has 0 aliphatic heterocycles. The highest BCUT2D eigenvalue weighted by atomic mass is 15.3. The first kappa shape index (κ1) is 9.71. The van der Waals surface area contributed by atoms with E-state index in [1.54, 1.807) is 0 Å². The summed E-state index contributed by atoms with van der Waals surface area (Å²) in [6.07, 6.45) is 4.47. The Labute approximate surface area is 85.5 Å². The molecule has 0 fully saturated rings. The standard InChI is InChI=1S/C11H19N3/c1-11(2)6-5-9-8(10(11)12-3)7-14(4)13-9/h7,10,12H,5-6H2,1-4H3. The van der Waals surface area contributed by atoms with E-state index in [2.05, 4.69) is 30.5 Å². The number of nitrogens with one attached hydrogen (secondary N) is 1. The fourth-order valence-corrected chi connectivity index (χ4v) is 2.54. The Kier molecular flexibility index (Phi) is 2.14. The first-order chi connectivity index (χ1) is 6.54. The smallest absolute Gasteiger partial charge is 0.0672 e. The minimum Gasteiger partial charge on any atom is -0.312 e. The van der Waals surface area contributed by atoms with Crippen molar-refractivity contribution >= 4 is 0 Å². The van der Waals surface area contributed by atoms with Crippen LogP contribution in [0.2, 0.25) is 0 Å². The molecule has 1 unspecified atom stereocenters. The maximum atomic E-state index is 4.49. The third kappa shape index (κ3) is 1.36. The molecule has 1 heterocycles. The number of rotatable bonds is 1.